The predicted octanol–water partition coefficient (Wildman–Crippen LogP) is 3.87. The summed E-state index contributed by atoms with van der Waals surface area (Å²) in [6.45, 7) is 6.87. The fourth-order valence-corrected chi connectivity index (χ4v) is 3.55. The number of ether oxygens (including phenoxy) is 1. The molecule has 0 saturated carbocycles. The molecule has 0 amide bonds. The normalized spacial score (nSPS) is 21.0. The lowest BCUT2D eigenvalue weighted by molar-refractivity contribution is -0.0553. The maximum atomic E-state index is 11.6. The third-order valence-corrected chi connectivity index (χ3v) is 4.54. The quantitative estimate of drug-likeness (QED) is 0.809. The first-order valence-corrected chi connectivity index (χ1v) is 8.31. The van der Waals surface area contributed by atoms with Crippen molar-refractivity contribution in [3.05, 3.63) is 23.8 Å². The molecule has 1 heterocycles. The lowest BCUT2D eigenvalue weighted by atomic mass is 9.93. The summed E-state index contributed by atoms with van der Waals surface area (Å²) in [6.07, 6.45) is 1.77. The van der Waals surface area contributed by atoms with Crippen LogP contribution in [0.15, 0.2) is 23.1 Å². The Kier molecular flexibility index (Phi) is 5.17. The fraction of sp³-hybridized carbons (Fsp3) is 0.562. The summed E-state index contributed by atoms with van der Waals surface area (Å²) in [6, 6.07) is 5.88. The van der Waals surface area contributed by atoms with Crippen LogP contribution < -0.4 is 5.32 Å². The van der Waals surface area contributed by atoms with Gasteiger partial charge in [-0.05, 0) is 44.6 Å². The van der Waals surface area contributed by atoms with E-state index in [0.29, 0.717) is 17.9 Å². The van der Waals surface area contributed by atoms with Crippen molar-refractivity contribution in [2.75, 3.05) is 17.7 Å². The minimum absolute atomic E-state index is 0.158. The average Bonchev–Trinajstić information content (AvgIpc) is 2.37. The summed E-state index contributed by atoms with van der Waals surface area (Å²) in [4.78, 5) is 12.4. The highest BCUT2D eigenvalue weighted by atomic mass is 32.2. The average molecular weight is 309 g/mol. The third-order valence-electron chi connectivity index (χ3n) is 3.60. The second-order valence-electron chi connectivity index (χ2n) is 5.86. The van der Waals surface area contributed by atoms with Crippen LogP contribution in [0.2, 0.25) is 0 Å². The molecular formula is C16H23NO3S. The van der Waals surface area contributed by atoms with Crippen LogP contribution in [0.4, 0.5) is 5.69 Å². The van der Waals surface area contributed by atoms with Gasteiger partial charge in [0.1, 0.15) is 0 Å². The van der Waals surface area contributed by atoms with E-state index in [1.165, 1.54) is 0 Å². The van der Waals surface area contributed by atoms with Crippen molar-refractivity contribution in [1.82, 2.24) is 0 Å². The van der Waals surface area contributed by atoms with Crippen molar-refractivity contribution in [1.29, 1.82) is 0 Å². The molecule has 2 N–H and O–H groups in total. The molecule has 1 aromatic carbocycles. The highest BCUT2D eigenvalue weighted by Crippen LogP contribution is 2.32. The number of anilines is 1. The number of carboxylic acids is 1. The van der Waals surface area contributed by atoms with Gasteiger partial charge in [-0.15, -0.1) is 11.8 Å². The van der Waals surface area contributed by atoms with E-state index in [2.05, 4.69) is 19.2 Å². The second kappa shape index (κ2) is 6.71. The molecule has 4 nitrogen and oxygen atoms in total. The molecule has 0 spiro atoms. The van der Waals surface area contributed by atoms with Crippen LogP contribution in [0.3, 0.4) is 0 Å². The monoisotopic (exact) mass is 309 g/mol. The molecule has 116 valence electrons. The van der Waals surface area contributed by atoms with Crippen molar-refractivity contribution in [2.45, 2.75) is 50.2 Å². The molecule has 1 fully saturated rings. The van der Waals surface area contributed by atoms with Gasteiger partial charge in [-0.25, -0.2) is 4.79 Å². The number of carboxylic acid groups (broad SMARTS) is 1. The second-order valence-corrected chi connectivity index (χ2v) is 7.16. The van der Waals surface area contributed by atoms with Crippen LogP contribution in [-0.4, -0.2) is 35.1 Å². The van der Waals surface area contributed by atoms with E-state index in [0.717, 1.165) is 23.5 Å². The van der Waals surface area contributed by atoms with Crippen LogP contribution in [0.1, 0.15) is 44.0 Å². The van der Waals surface area contributed by atoms with E-state index < -0.39 is 5.97 Å². The zero-order valence-electron chi connectivity index (χ0n) is 12.8. The molecule has 21 heavy (non-hydrogen) atoms. The standard InChI is InChI=1S/C16H23NO3S/c1-4-21-13-7-5-6-12(14(13)15(18)19)17-11-8-9-20-16(2,3)10-11/h5-7,11,17H,4,8-10H2,1-3H3,(H,18,19). The van der Waals surface area contributed by atoms with E-state index in [-0.39, 0.29) is 11.6 Å². The fourth-order valence-electron chi connectivity index (χ4n) is 2.72. The Labute approximate surface area is 130 Å². The van der Waals surface area contributed by atoms with Gasteiger partial charge in [0.2, 0.25) is 0 Å². The topological polar surface area (TPSA) is 58.6 Å². The minimum atomic E-state index is -0.875. The molecule has 1 atom stereocenters. The van der Waals surface area contributed by atoms with E-state index >= 15 is 0 Å². The van der Waals surface area contributed by atoms with Gasteiger partial charge in [0, 0.05) is 17.5 Å². The van der Waals surface area contributed by atoms with Crippen molar-refractivity contribution >= 4 is 23.4 Å². The van der Waals surface area contributed by atoms with Gasteiger partial charge >= 0.3 is 5.97 Å². The van der Waals surface area contributed by atoms with E-state index in [1.807, 2.05) is 25.1 Å². The number of thioether (sulfide) groups is 1. The largest absolute Gasteiger partial charge is 0.478 e. The molecule has 2 rings (SSSR count). The van der Waals surface area contributed by atoms with Crippen molar-refractivity contribution in [3.8, 4) is 0 Å². The summed E-state index contributed by atoms with van der Waals surface area (Å²) in [5.74, 6) is -0.0195. The van der Waals surface area contributed by atoms with Crippen molar-refractivity contribution in [2.24, 2.45) is 0 Å². The molecule has 5 heteroatoms. The summed E-state index contributed by atoms with van der Waals surface area (Å²) in [5, 5.41) is 12.9. The molecule has 0 aromatic heterocycles. The summed E-state index contributed by atoms with van der Waals surface area (Å²) < 4.78 is 5.71. The maximum Gasteiger partial charge on any atom is 0.338 e. The Morgan fingerprint density at radius 2 is 2.29 bits per heavy atom. The summed E-state index contributed by atoms with van der Waals surface area (Å²) in [5.41, 5.74) is 0.937. The Hall–Kier alpha value is -1.20. The number of hydrogen-bond donors (Lipinski definition) is 2. The number of carbonyl (C=O) groups is 1. The van der Waals surface area contributed by atoms with Crippen LogP contribution in [-0.2, 0) is 4.74 Å². The number of benzene rings is 1. The van der Waals surface area contributed by atoms with Gasteiger partial charge < -0.3 is 15.2 Å². The maximum absolute atomic E-state index is 11.6. The number of rotatable bonds is 5. The summed E-state index contributed by atoms with van der Waals surface area (Å²) >= 11 is 1.56. The van der Waals surface area contributed by atoms with Gasteiger partial charge in [-0.1, -0.05) is 13.0 Å². The zero-order valence-corrected chi connectivity index (χ0v) is 13.6. The first kappa shape index (κ1) is 16.2. The molecule has 0 radical (unpaired) electrons. The molecule has 0 bridgehead atoms. The van der Waals surface area contributed by atoms with Gasteiger partial charge in [-0.2, -0.15) is 0 Å². The molecule has 1 aliphatic heterocycles. The van der Waals surface area contributed by atoms with E-state index in [1.54, 1.807) is 11.8 Å². The van der Waals surface area contributed by atoms with Crippen LogP contribution in [0.25, 0.3) is 0 Å². The Balaban J connectivity index is 2.23. The zero-order chi connectivity index (χ0) is 15.5. The van der Waals surface area contributed by atoms with Crippen molar-refractivity contribution < 1.29 is 14.6 Å². The molecule has 1 saturated heterocycles. The molecule has 1 aromatic rings. The van der Waals surface area contributed by atoms with Crippen LogP contribution in [0, 0.1) is 0 Å². The lowest BCUT2D eigenvalue weighted by Crippen LogP contribution is -2.40. The molecule has 1 unspecified atom stereocenters. The minimum Gasteiger partial charge on any atom is -0.478 e. The Morgan fingerprint density at radius 3 is 2.90 bits per heavy atom. The molecule has 1 aliphatic rings. The first-order valence-electron chi connectivity index (χ1n) is 7.32. The van der Waals surface area contributed by atoms with Crippen molar-refractivity contribution in [3.63, 3.8) is 0 Å². The van der Waals surface area contributed by atoms with Gasteiger partial charge in [0.15, 0.2) is 0 Å². The number of hydrogen-bond acceptors (Lipinski definition) is 4. The van der Waals surface area contributed by atoms with Gasteiger partial charge in [0.25, 0.3) is 0 Å². The number of aromatic carboxylic acids is 1. The Morgan fingerprint density at radius 1 is 1.52 bits per heavy atom. The predicted molar refractivity (Wildman–Crippen MR) is 86.5 cm³/mol. The smallest absolute Gasteiger partial charge is 0.338 e. The summed E-state index contributed by atoms with van der Waals surface area (Å²) in [7, 11) is 0. The van der Waals surface area contributed by atoms with E-state index in [4.69, 9.17) is 4.74 Å². The highest BCUT2D eigenvalue weighted by Gasteiger charge is 2.29. The number of nitrogens with one attached hydrogen (secondary N) is 1. The first-order chi connectivity index (χ1) is 9.93. The van der Waals surface area contributed by atoms with Gasteiger partial charge in [0.05, 0.1) is 16.9 Å². The lowest BCUT2D eigenvalue weighted by Gasteiger charge is -2.36. The van der Waals surface area contributed by atoms with E-state index in [9.17, 15) is 9.90 Å². The third kappa shape index (κ3) is 4.14. The SMILES string of the molecule is CCSc1cccc(NC2CCOC(C)(C)C2)c1C(=O)O. The van der Waals surface area contributed by atoms with Gasteiger partial charge in [-0.3, -0.25) is 0 Å². The van der Waals surface area contributed by atoms with Crippen LogP contribution >= 0.6 is 11.8 Å². The van der Waals surface area contributed by atoms with Crippen LogP contribution in [0.5, 0.6) is 0 Å². The highest BCUT2D eigenvalue weighted by molar-refractivity contribution is 7.99. The molecule has 0 aliphatic carbocycles. The Bertz CT molecular complexity index is 516. The molecular weight excluding hydrogens is 286 g/mol.